The van der Waals surface area contributed by atoms with Crippen molar-refractivity contribution in [1.82, 2.24) is 30.1 Å². The van der Waals surface area contributed by atoms with Crippen molar-refractivity contribution in [3.63, 3.8) is 0 Å². The van der Waals surface area contributed by atoms with Gasteiger partial charge >= 0.3 is 0 Å². The second-order valence-corrected chi connectivity index (χ2v) is 10.8. The fraction of sp³-hybridized carbons (Fsp3) is 0.643. The number of hydrogen-bond donors (Lipinski definition) is 1. The van der Waals surface area contributed by atoms with Crippen LogP contribution in [0.4, 0.5) is 0 Å². The number of fused-ring (bicyclic) bond motifs is 1. The minimum atomic E-state index is 0.0186. The predicted octanol–water partition coefficient (Wildman–Crippen LogP) is 5.92. The molecule has 2 fully saturated rings. The van der Waals surface area contributed by atoms with Crippen molar-refractivity contribution >= 4 is 10.9 Å². The lowest BCUT2D eigenvalue weighted by molar-refractivity contribution is 0.0821. The van der Waals surface area contributed by atoms with Gasteiger partial charge in [-0.3, -0.25) is 9.69 Å². The van der Waals surface area contributed by atoms with Crippen LogP contribution in [0.3, 0.4) is 0 Å². The first-order valence-electron chi connectivity index (χ1n) is 13.7. The van der Waals surface area contributed by atoms with Gasteiger partial charge in [0.15, 0.2) is 5.82 Å². The van der Waals surface area contributed by atoms with Crippen LogP contribution in [0.15, 0.2) is 23.0 Å². The summed E-state index contributed by atoms with van der Waals surface area (Å²) in [5.74, 6) is 0.981. The minimum absolute atomic E-state index is 0.0186. The van der Waals surface area contributed by atoms with E-state index in [2.05, 4.69) is 69.1 Å². The van der Waals surface area contributed by atoms with Crippen LogP contribution in [0, 0.1) is 13.8 Å². The summed E-state index contributed by atoms with van der Waals surface area (Å²) in [6.07, 6.45) is 13.2. The van der Waals surface area contributed by atoms with Gasteiger partial charge in [-0.25, -0.2) is 4.68 Å². The van der Waals surface area contributed by atoms with Crippen LogP contribution < -0.4 is 5.56 Å². The molecule has 2 saturated carbocycles. The lowest BCUT2D eigenvalue weighted by atomic mass is 9.91. The highest BCUT2D eigenvalue weighted by atomic mass is 16.1. The highest BCUT2D eigenvalue weighted by molar-refractivity contribution is 5.83. The molecule has 2 heterocycles. The van der Waals surface area contributed by atoms with Gasteiger partial charge in [0, 0.05) is 29.1 Å². The van der Waals surface area contributed by atoms with E-state index in [4.69, 9.17) is 0 Å². The maximum atomic E-state index is 13.3. The number of aromatic nitrogens is 5. The van der Waals surface area contributed by atoms with E-state index in [1.165, 1.54) is 62.5 Å². The molecule has 2 aromatic heterocycles. The average Bonchev–Trinajstić information content (AvgIpc) is 3.35. The van der Waals surface area contributed by atoms with Crippen molar-refractivity contribution in [3.05, 3.63) is 51.1 Å². The summed E-state index contributed by atoms with van der Waals surface area (Å²) in [5.41, 5.74) is 4.15. The van der Waals surface area contributed by atoms with Crippen molar-refractivity contribution in [1.29, 1.82) is 0 Å². The highest BCUT2D eigenvalue weighted by Crippen LogP contribution is 2.35. The maximum Gasteiger partial charge on any atom is 0.252 e. The van der Waals surface area contributed by atoms with E-state index in [0.29, 0.717) is 18.6 Å². The van der Waals surface area contributed by atoms with Crippen molar-refractivity contribution in [3.8, 4) is 0 Å². The zero-order chi connectivity index (χ0) is 24.4. The number of hydrogen-bond acceptors (Lipinski definition) is 5. The van der Waals surface area contributed by atoms with E-state index in [1.54, 1.807) is 0 Å². The Bertz CT molecular complexity index is 1200. The number of nitrogens with one attached hydrogen (secondary N) is 1. The Morgan fingerprint density at radius 1 is 1.03 bits per heavy atom. The molecule has 188 valence electrons. The van der Waals surface area contributed by atoms with Gasteiger partial charge in [-0.1, -0.05) is 51.5 Å². The SMILES string of the molecule is CC[C@@H](c1nnnn1C1CCCCC1)N(Cc1cc2c(C)cc(C)cc2[nH]c1=O)C1CCCCC1. The Morgan fingerprint density at radius 2 is 1.74 bits per heavy atom. The Kier molecular flexibility index (Phi) is 7.32. The van der Waals surface area contributed by atoms with Crippen molar-refractivity contribution < 1.29 is 0 Å². The van der Waals surface area contributed by atoms with Crippen molar-refractivity contribution in [2.24, 2.45) is 0 Å². The molecule has 1 N–H and O–H groups in total. The standard InChI is InChI=1S/C28H40N6O/c1-4-26(27-30-31-32-34(27)23-13-9-6-10-14-23)33(22-11-7-5-8-12-22)18-21-17-24-20(3)15-19(2)16-25(24)29-28(21)35/h15-17,22-23,26H,4-14,18H2,1-3H3,(H,29,35)/t26-/m0/s1. The molecule has 7 nitrogen and oxygen atoms in total. The van der Waals surface area contributed by atoms with Crippen LogP contribution in [-0.4, -0.2) is 36.1 Å². The Hall–Kier alpha value is -2.54. The first-order chi connectivity index (χ1) is 17.0. The van der Waals surface area contributed by atoms with Crippen LogP contribution in [0.2, 0.25) is 0 Å². The number of aromatic amines is 1. The third kappa shape index (κ3) is 5.06. The topological polar surface area (TPSA) is 79.7 Å². The number of aryl methyl sites for hydroxylation is 2. The van der Waals surface area contributed by atoms with E-state index in [-0.39, 0.29) is 11.6 Å². The van der Waals surface area contributed by atoms with Crippen LogP contribution >= 0.6 is 0 Å². The second kappa shape index (κ2) is 10.6. The molecule has 0 amide bonds. The predicted molar refractivity (Wildman–Crippen MR) is 139 cm³/mol. The molecule has 35 heavy (non-hydrogen) atoms. The molecule has 0 spiro atoms. The van der Waals surface area contributed by atoms with Gasteiger partial charge in [-0.05, 0) is 79.6 Å². The molecule has 1 atom stereocenters. The molecule has 3 aromatic rings. The number of benzene rings is 1. The van der Waals surface area contributed by atoms with E-state index < -0.39 is 0 Å². The van der Waals surface area contributed by atoms with Crippen LogP contribution in [0.25, 0.3) is 10.9 Å². The summed E-state index contributed by atoms with van der Waals surface area (Å²) in [4.78, 5) is 19.0. The van der Waals surface area contributed by atoms with Gasteiger partial charge in [-0.2, -0.15) is 0 Å². The monoisotopic (exact) mass is 476 g/mol. The largest absolute Gasteiger partial charge is 0.322 e. The van der Waals surface area contributed by atoms with Gasteiger partial charge in [0.05, 0.1) is 12.1 Å². The van der Waals surface area contributed by atoms with E-state index in [9.17, 15) is 4.79 Å². The molecule has 0 radical (unpaired) electrons. The van der Waals surface area contributed by atoms with E-state index in [1.807, 2.05) is 0 Å². The molecule has 1 aromatic carbocycles. The summed E-state index contributed by atoms with van der Waals surface area (Å²) >= 11 is 0. The number of H-pyrrole nitrogens is 1. The lowest BCUT2D eigenvalue weighted by Gasteiger charge is -2.39. The molecule has 0 aliphatic heterocycles. The summed E-state index contributed by atoms with van der Waals surface area (Å²) in [7, 11) is 0. The Labute approximate surface area is 208 Å². The van der Waals surface area contributed by atoms with Gasteiger partial charge < -0.3 is 4.98 Å². The molecular formula is C28H40N6O. The summed E-state index contributed by atoms with van der Waals surface area (Å²) < 4.78 is 2.13. The van der Waals surface area contributed by atoms with Crippen LogP contribution in [-0.2, 0) is 6.54 Å². The third-order valence-corrected chi connectivity index (χ3v) is 8.31. The van der Waals surface area contributed by atoms with Crippen LogP contribution in [0.1, 0.15) is 112 Å². The molecule has 7 heteroatoms. The summed E-state index contributed by atoms with van der Waals surface area (Å²) in [6, 6.07) is 7.32. The lowest BCUT2D eigenvalue weighted by Crippen LogP contribution is -2.41. The molecule has 5 rings (SSSR count). The average molecular weight is 477 g/mol. The Morgan fingerprint density at radius 3 is 2.46 bits per heavy atom. The number of tetrazole rings is 1. The molecule has 0 bridgehead atoms. The normalized spacial score (nSPS) is 19.0. The molecule has 0 saturated heterocycles. The van der Waals surface area contributed by atoms with Gasteiger partial charge in [0.25, 0.3) is 5.56 Å². The van der Waals surface area contributed by atoms with E-state index >= 15 is 0 Å². The zero-order valence-electron chi connectivity index (χ0n) is 21.6. The van der Waals surface area contributed by atoms with Crippen molar-refractivity contribution in [2.45, 2.75) is 116 Å². The number of pyridine rings is 1. The third-order valence-electron chi connectivity index (χ3n) is 8.31. The van der Waals surface area contributed by atoms with Crippen LogP contribution in [0.5, 0.6) is 0 Å². The highest BCUT2D eigenvalue weighted by Gasteiger charge is 2.33. The molecule has 2 aliphatic carbocycles. The van der Waals surface area contributed by atoms with Gasteiger partial charge in [0.1, 0.15) is 0 Å². The Balaban J connectivity index is 1.53. The number of rotatable bonds is 7. The summed E-state index contributed by atoms with van der Waals surface area (Å²) in [6.45, 7) is 7.06. The minimum Gasteiger partial charge on any atom is -0.322 e. The smallest absolute Gasteiger partial charge is 0.252 e. The first-order valence-corrected chi connectivity index (χ1v) is 13.7. The zero-order valence-corrected chi connectivity index (χ0v) is 21.6. The summed E-state index contributed by atoms with van der Waals surface area (Å²) in [5, 5.41) is 14.4. The van der Waals surface area contributed by atoms with E-state index in [0.717, 1.165) is 41.6 Å². The molecular weight excluding hydrogens is 436 g/mol. The second-order valence-electron chi connectivity index (χ2n) is 10.8. The van der Waals surface area contributed by atoms with Gasteiger partial charge in [-0.15, -0.1) is 5.10 Å². The molecule has 0 unspecified atom stereocenters. The van der Waals surface area contributed by atoms with Gasteiger partial charge in [0.2, 0.25) is 0 Å². The first kappa shape index (κ1) is 24.2. The number of nitrogens with zero attached hydrogens (tertiary/aromatic N) is 5. The maximum absolute atomic E-state index is 13.3. The fourth-order valence-corrected chi connectivity index (χ4v) is 6.51. The quantitative estimate of drug-likeness (QED) is 0.458. The van der Waals surface area contributed by atoms with Crippen molar-refractivity contribution in [2.75, 3.05) is 0 Å². The molecule has 2 aliphatic rings. The fourth-order valence-electron chi connectivity index (χ4n) is 6.51.